The van der Waals surface area contributed by atoms with Crippen LogP contribution in [-0.2, 0) is 0 Å². The SMILES string of the molecule is O=C(Nc1cc(-c2ccc(F)c(F)c2)no1)c1cccc(Cl)c1. The van der Waals surface area contributed by atoms with Crippen LogP contribution >= 0.6 is 11.6 Å². The Balaban J connectivity index is 1.79. The summed E-state index contributed by atoms with van der Waals surface area (Å²) in [5.74, 6) is -2.29. The molecule has 1 heterocycles. The van der Waals surface area contributed by atoms with Crippen LogP contribution in [0.3, 0.4) is 0 Å². The number of benzene rings is 2. The zero-order chi connectivity index (χ0) is 16.4. The molecule has 1 amide bonds. The monoisotopic (exact) mass is 334 g/mol. The topological polar surface area (TPSA) is 55.1 Å². The fourth-order valence-electron chi connectivity index (χ4n) is 1.94. The zero-order valence-electron chi connectivity index (χ0n) is 11.5. The maximum absolute atomic E-state index is 13.2. The first-order chi connectivity index (χ1) is 11.0. The van der Waals surface area contributed by atoms with Crippen molar-refractivity contribution in [2.24, 2.45) is 0 Å². The number of aromatic nitrogens is 1. The van der Waals surface area contributed by atoms with Crippen LogP contribution in [0.4, 0.5) is 14.7 Å². The third kappa shape index (κ3) is 3.37. The van der Waals surface area contributed by atoms with Gasteiger partial charge in [-0.3, -0.25) is 10.1 Å². The van der Waals surface area contributed by atoms with Gasteiger partial charge in [0.15, 0.2) is 11.6 Å². The molecular formula is C16H9ClF2N2O2. The van der Waals surface area contributed by atoms with E-state index in [9.17, 15) is 13.6 Å². The number of rotatable bonds is 3. The summed E-state index contributed by atoms with van der Waals surface area (Å²) in [6.45, 7) is 0. The third-order valence-corrected chi connectivity index (χ3v) is 3.28. The molecule has 23 heavy (non-hydrogen) atoms. The molecule has 0 bridgehead atoms. The average molecular weight is 335 g/mol. The Bertz CT molecular complexity index is 880. The molecule has 0 aliphatic heterocycles. The number of halogens is 3. The average Bonchev–Trinajstić information content (AvgIpc) is 2.98. The Morgan fingerprint density at radius 1 is 1.09 bits per heavy atom. The molecule has 0 atom stereocenters. The molecule has 0 radical (unpaired) electrons. The molecule has 3 rings (SSSR count). The van der Waals surface area contributed by atoms with Gasteiger partial charge >= 0.3 is 0 Å². The Kier molecular flexibility index (Phi) is 4.08. The largest absolute Gasteiger partial charge is 0.338 e. The number of carbonyl (C=O) groups excluding carboxylic acids is 1. The molecule has 0 aliphatic rings. The standard InChI is InChI=1S/C16H9ClF2N2O2/c17-11-3-1-2-10(6-11)16(22)20-15-8-14(21-23-15)9-4-5-12(18)13(19)7-9/h1-8H,(H,20,22). The first-order valence-electron chi connectivity index (χ1n) is 6.52. The second kappa shape index (κ2) is 6.18. The van der Waals surface area contributed by atoms with Crippen molar-refractivity contribution in [1.82, 2.24) is 5.16 Å². The van der Waals surface area contributed by atoms with Crippen LogP contribution in [0.1, 0.15) is 10.4 Å². The predicted molar refractivity (Wildman–Crippen MR) is 81.3 cm³/mol. The number of hydrogen-bond donors (Lipinski definition) is 1. The van der Waals surface area contributed by atoms with Gasteiger partial charge in [0.2, 0.25) is 5.88 Å². The fraction of sp³-hybridized carbons (Fsp3) is 0. The van der Waals surface area contributed by atoms with Crippen LogP contribution in [0, 0.1) is 11.6 Å². The van der Waals surface area contributed by atoms with E-state index in [0.717, 1.165) is 12.1 Å². The van der Waals surface area contributed by atoms with Crippen molar-refractivity contribution in [3.63, 3.8) is 0 Å². The van der Waals surface area contributed by atoms with Crippen LogP contribution in [-0.4, -0.2) is 11.1 Å². The van der Waals surface area contributed by atoms with Crippen LogP contribution < -0.4 is 5.32 Å². The van der Waals surface area contributed by atoms with Gasteiger partial charge in [-0.1, -0.05) is 22.8 Å². The summed E-state index contributed by atoms with van der Waals surface area (Å²) in [5, 5.41) is 6.65. The number of carbonyl (C=O) groups is 1. The Labute approximate surface area is 134 Å². The zero-order valence-corrected chi connectivity index (χ0v) is 12.3. The van der Waals surface area contributed by atoms with Crippen molar-refractivity contribution in [3.05, 3.63) is 70.8 Å². The van der Waals surface area contributed by atoms with Crippen LogP contribution in [0.25, 0.3) is 11.3 Å². The van der Waals surface area contributed by atoms with E-state index < -0.39 is 17.5 Å². The molecule has 4 nitrogen and oxygen atoms in total. The number of amides is 1. The highest BCUT2D eigenvalue weighted by Gasteiger charge is 2.13. The quantitative estimate of drug-likeness (QED) is 0.766. The maximum atomic E-state index is 13.2. The summed E-state index contributed by atoms with van der Waals surface area (Å²) in [6.07, 6.45) is 0. The van der Waals surface area contributed by atoms with E-state index >= 15 is 0 Å². The van der Waals surface area contributed by atoms with E-state index in [-0.39, 0.29) is 11.6 Å². The van der Waals surface area contributed by atoms with Gasteiger partial charge in [-0.05, 0) is 36.4 Å². The Morgan fingerprint density at radius 3 is 2.65 bits per heavy atom. The summed E-state index contributed by atoms with van der Waals surface area (Å²) in [5.41, 5.74) is 0.949. The van der Waals surface area contributed by atoms with Gasteiger partial charge in [-0.15, -0.1) is 0 Å². The molecule has 0 saturated heterocycles. The molecular weight excluding hydrogens is 326 g/mol. The van der Waals surface area contributed by atoms with E-state index in [1.54, 1.807) is 18.2 Å². The molecule has 0 unspecified atom stereocenters. The van der Waals surface area contributed by atoms with Gasteiger partial charge in [-0.2, -0.15) is 0 Å². The summed E-state index contributed by atoms with van der Waals surface area (Å²) < 4.78 is 31.1. The number of anilines is 1. The highest BCUT2D eigenvalue weighted by atomic mass is 35.5. The number of hydrogen-bond acceptors (Lipinski definition) is 3. The highest BCUT2D eigenvalue weighted by molar-refractivity contribution is 6.31. The lowest BCUT2D eigenvalue weighted by molar-refractivity contribution is 0.102. The summed E-state index contributed by atoms with van der Waals surface area (Å²) >= 11 is 5.82. The van der Waals surface area contributed by atoms with Crippen molar-refractivity contribution < 1.29 is 18.1 Å². The van der Waals surface area contributed by atoms with Crippen molar-refractivity contribution in [2.45, 2.75) is 0 Å². The van der Waals surface area contributed by atoms with Crippen LogP contribution in [0.5, 0.6) is 0 Å². The number of nitrogens with one attached hydrogen (secondary N) is 1. The molecule has 116 valence electrons. The fourth-order valence-corrected chi connectivity index (χ4v) is 2.13. The lowest BCUT2D eigenvalue weighted by Crippen LogP contribution is -2.11. The second-order valence-corrected chi connectivity index (χ2v) is 5.11. The van der Waals surface area contributed by atoms with Gasteiger partial charge in [-0.25, -0.2) is 8.78 Å². The van der Waals surface area contributed by atoms with Gasteiger partial charge in [0.25, 0.3) is 5.91 Å². The van der Waals surface area contributed by atoms with E-state index in [1.165, 1.54) is 18.2 Å². The predicted octanol–water partition coefficient (Wildman–Crippen LogP) is 4.53. The van der Waals surface area contributed by atoms with Gasteiger partial charge in [0.05, 0.1) is 0 Å². The first kappa shape index (κ1) is 15.2. The Hall–Kier alpha value is -2.73. The molecule has 0 fully saturated rings. The van der Waals surface area contributed by atoms with Crippen molar-refractivity contribution in [2.75, 3.05) is 5.32 Å². The Morgan fingerprint density at radius 2 is 1.91 bits per heavy atom. The van der Waals surface area contributed by atoms with Crippen LogP contribution in [0.2, 0.25) is 5.02 Å². The highest BCUT2D eigenvalue weighted by Crippen LogP contribution is 2.24. The minimum Gasteiger partial charge on any atom is -0.338 e. The third-order valence-electron chi connectivity index (χ3n) is 3.05. The van der Waals surface area contributed by atoms with Gasteiger partial charge < -0.3 is 4.52 Å². The molecule has 2 aromatic carbocycles. The maximum Gasteiger partial charge on any atom is 0.258 e. The summed E-state index contributed by atoms with van der Waals surface area (Å²) in [4.78, 5) is 12.0. The molecule has 0 spiro atoms. The molecule has 0 aliphatic carbocycles. The molecule has 3 aromatic rings. The van der Waals surface area contributed by atoms with Gasteiger partial charge in [0, 0.05) is 22.2 Å². The van der Waals surface area contributed by atoms with Crippen molar-refractivity contribution >= 4 is 23.4 Å². The molecule has 7 heteroatoms. The normalized spacial score (nSPS) is 10.6. The second-order valence-electron chi connectivity index (χ2n) is 4.67. The van der Waals surface area contributed by atoms with E-state index in [2.05, 4.69) is 10.5 Å². The molecule has 0 saturated carbocycles. The lowest BCUT2D eigenvalue weighted by Gasteiger charge is -2.01. The summed E-state index contributed by atoms with van der Waals surface area (Å²) in [6, 6.07) is 11.1. The van der Waals surface area contributed by atoms with Crippen molar-refractivity contribution in [3.8, 4) is 11.3 Å². The van der Waals surface area contributed by atoms with E-state index in [1.807, 2.05) is 0 Å². The molecule has 1 N–H and O–H groups in total. The van der Waals surface area contributed by atoms with Gasteiger partial charge in [0.1, 0.15) is 5.69 Å². The first-order valence-corrected chi connectivity index (χ1v) is 6.90. The number of nitrogens with zero attached hydrogens (tertiary/aromatic N) is 1. The van der Waals surface area contributed by atoms with Crippen molar-refractivity contribution in [1.29, 1.82) is 0 Å². The molecule has 1 aromatic heterocycles. The van der Waals surface area contributed by atoms with E-state index in [0.29, 0.717) is 16.1 Å². The van der Waals surface area contributed by atoms with E-state index in [4.69, 9.17) is 16.1 Å². The minimum atomic E-state index is -0.991. The smallest absolute Gasteiger partial charge is 0.258 e. The van der Waals surface area contributed by atoms with Crippen LogP contribution in [0.15, 0.2) is 53.1 Å². The summed E-state index contributed by atoms with van der Waals surface area (Å²) in [7, 11) is 0. The minimum absolute atomic E-state index is 0.0784. The lowest BCUT2D eigenvalue weighted by atomic mass is 10.1.